The van der Waals surface area contributed by atoms with Gasteiger partial charge in [-0.25, -0.2) is 0 Å². The Morgan fingerprint density at radius 2 is 2.10 bits per heavy atom. The van der Waals surface area contributed by atoms with Crippen molar-refractivity contribution in [3.63, 3.8) is 0 Å². The topological polar surface area (TPSA) is 93.7 Å². The molecule has 1 aliphatic heterocycles. The summed E-state index contributed by atoms with van der Waals surface area (Å²) in [6.07, 6.45) is 4.37. The first kappa shape index (κ1) is 21.0. The van der Waals surface area contributed by atoms with Crippen LogP contribution in [-0.2, 0) is 16.0 Å². The molecule has 1 saturated heterocycles. The molecule has 29 heavy (non-hydrogen) atoms. The van der Waals surface area contributed by atoms with Gasteiger partial charge in [0, 0.05) is 25.5 Å². The molecule has 0 bridgehead atoms. The van der Waals surface area contributed by atoms with Gasteiger partial charge in [0.1, 0.15) is 16.5 Å². The summed E-state index contributed by atoms with van der Waals surface area (Å²) in [4.78, 5) is 26.8. The average molecular weight is 419 g/mol. The minimum Gasteiger partial charge on any atom is -0.497 e. The van der Waals surface area contributed by atoms with E-state index in [0.717, 1.165) is 30.7 Å². The molecule has 156 valence electrons. The van der Waals surface area contributed by atoms with Crippen LogP contribution in [0.5, 0.6) is 11.5 Å². The van der Waals surface area contributed by atoms with Crippen molar-refractivity contribution in [3.05, 3.63) is 23.2 Å². The number of aromatic nitrogens is 2. The van der Waals surface area contributed by atoms with Gasteiger partial charge in [0.2, 0.25) is 16.9 Å². The minimum atomic E-state index is -0.457. The Bertz CT molecular complexity index is 870. The van der Waals surface area contributed by atoms with E-state index in [9.17, 15) is 9.59 Å². The van der Waals surface area contributed by atoms with Crippen molar-refractivity contribution in [2.45, 2.75) is 39.0 Å². The Labute approximate surface area is 174 Å². The third kappa shape index (κ3) is 5.03. The number of hydrogen-bond acceptors (Lipinski definition) is 7. The molecule has 1 aromatic heterocycles. The Morgan fingerprint density at radius 3 is 2.83 bits per heavy atom. The summed E-state index contributed by atoms with van der Waals surface area (Å²) in [5.41, 5.74) is 0.628. The second-order valence-corrected chi connectivity index (χ2v) is 7.95. The first-order valence-corrected chi connectivity index (χ1v) is 10.5. The number of aryl methyl sites for hydroxylation is 1. The van der Waals surface area contributed by atoms with Gasteiger partial charge in [0.25, 0.3) is 0 Å². The number of ether oxygens (including phenoxy) is 2. The largest absolute Gasteiger partial charge is 0.497 e. The molecule has 0 spiro atoms. The summed E-state index contributed by atoms with van der Waals surface area (Å²) < 4.78 is 10.6. The van der Waals surface area contributed by atoms with E-state index >= 15 is 0 Å². The van der Waals surface area contributed by atoms with Crippen molar-refractivity contribution in [1.29, 1.82) is 0 Å². The highest BCUT2D eigenvalue weighted by molar-refractivity contribution is 7.15. The highest BCUT2D eigenvalue weighted by Gasteiger charge is 2.36. The monoisotopic (exact) mass is 418 g/mol. The third-order valence-electron chi connectivity index (χ3n) is 4.86. The van der Waals surface area contributed by atoms with Crippen LogP contribution in [0.1, 0.15) is 37.6 Å². The van der Waals surface area contributed by atoms with Crippen LogP contribution in [0.15, 0.2) is 18.2 Å². The van der Waals surface area contributed by atoms with Crippen LogP contribution in [0.2, 0.25) is 0 Å². The van der Waals surface area contributed by atoms with Gasteiger partial charge >= 0.3 is 0 Å². The van der Waals surface area contributed by atoms with Gasteiger partial charge in [-0.2, -0.15) is 0 Å². The Morgan fingerprint density at radius 1 is 1.28 bits per heavy atom. The van der Waals surface area contributed by atoms with Crippen LogP contribution in [0.4, 0.5) is 10.8 Å². The van der Waals surface area contributed by atoms with Crippen molar-refractivity contribution in [2.24, 2.45) is 5.92 Å². The third-order valence-corrected chi connectivity index (χ3v) is 5.76. The summed E-state index contributed by atoms with van der Waals surface area (Å²) in [5.74, 6) is 0.370. The fourth-order valence-corrected chi connectivity index (χ4v) is 4.05. The van der Waals surface area contributed by atoms with Gasteiger partial charge in [-0.15, -0.1) is 10.2 Å². The number of amides is 2. The zero-order valence-corrected chi connectivity index (χ0v) is 17.8. The number of unbranched alkanes of at least 4 members (excludes halogenated alkanes) is 2. The SMILES string of the molecule is CCCCCc1nnc(NC(=O)[C@H]2CC(=O)N(c3ccc(OC)cc3OC)C2)s1. The van der Waals surface area contributed by atoms with Crippen LogP contribution in [0.25, 0.3) is 0 Å². The summed E-state index contributed by atoms with van der Waals surface area (Å²) in [6.45, 7) is 2.44. The van der Waals surface area contributed by atoms with Crippen molar-refractivity contribution in [2.75, 3.05) is 31.0 Å². The van der Waals surface area contributed by atoms with E-state index in [1.54, 1.807) is 30.2 Å². The lowest BCUT2D eigenvalue weighted by molar-refractivity contribution is -0.122. The van der Waals surface area contributed by atoms with Crippen molar-refractivity contribution in [3.8, 4) is 11.5 Å². The predicted octanol–water partition coefficient (Wildman–Crippen LogP) is 3.28. The molecule has 1 N–H and O–H groups in total. The second-order valence-electron chi connectivity index (χ2n) is 6.89. The molecule has 0 aliphatic carbocycles. The van der Waals surface area contributed by atoms with Crippen LogP contribution in [0, 0.1) is 5.92 Å². The molecule has 1 fully saturated rings. The zero-order chi connectivity index (χ0) is 20.8. The van der Waals surface area contributed by atoms with Gasteiger partial charge in [-0.05, 0) is 18.6 Å². The van der Waals surface area contributed by atoms with Gasteiger partial charge in [0.15, 0.2) is 0 Å². The molecule has 2 heterocycles. The second kappa shape index (κ2) is 9.69. The van der Waals surface area contributed by atoms with Crippen molar-refractivity contribution < 1.29 is 19.1 Å². The molecule has 8 nitrogen and oxygen atoms in total. The number of benzene rings is 1. The van der Waals surface area contributed by atoms with E-state index in [1.807, 2.05) is 0 Å². The number of rotatable bonds is 9. The lowest BCUT2D eigenvalue weighted by atomic mass is 10.1. The smallest absolute Gasteiger partial charge is 0.231 e. The first-order chi connectivity index (χ1) is 14.0. The Kier molecular flexibility index (Phi) is 7.03. The standard InChI is InChI=1S/C20H26N4O4S/c1-4-5-6-7-17-22-23-20(29-17)21-19(26)13-10-18(25)24(12-13)15-9-8-14(27-2)11-16(15)28-3/h8-9,11,13H,4-7,10,12H2,1-3H3,(H,21,23,26)/t13-/m0/s1. The van der Waals surface area contributed by atoms with E-state index in [-0.39, 0.29) is 24.8 Å². The van der Waals surface area contributed by atoms with Crippen molar-refractivity contribution >= 4 is 34.0 Å². The lowest BCUT2D eigenvalue weighted by Gasteiger charge is -2.20. The molecule has 2 aromatic rings. The summed E-state index contributed by atoms with van der Waals surface area (Å²) >= 11 is 1.39. The van der Waals surface area contributed by atoms with Crippen LogP contribution >= 0.6 is 11.3 Å². The minimum absolute atomic E-state index is 0.119. The molecule has 1 aliphatic rings. The fraction of sp³-hybridized carbons (Fsp3) is 0.500. The highest BCUT2D eigenvalue weighted by atomic mass is 32.1. The molecule has 9 heteroatoms. The molecule has 0 radical (unpaired) electrons. The summed E-state index contributed by atoms with van der Waals surface area (Å²) in [5, 5.41) is 12.4. The van der Waals surface area contributed by atoms with Crippen molar-refractivity contribution in [1.82, 2.24) is 10.2 Å². The van der Waals surface area contributed by atoms with Gasteiger partial charge in [-0.1, -0.05) is 31.1 Å². The molecular weight excluding hydrogens is 392 g/mol. The Hall–Kier alpha value is -2.68. The van der Waals surface area contributed by atoms with E-state index < -0.39 is 5.92 Å². The molecule has 1 aromatic carbocycles. The first-order valence-electron chi connectivity index (χ1n) is 9.71. The highest BCUT2D eigenvalue weighted by Crippen LogP contribution is 2.36. The van der Waals surface area contributed by atoms with Gasteiger partial charge in [0.05, 0.1) is 25.8 Å². The molecule has 2 amide bonds. The Balaban J connectivity index is 1.63. The number of nitrogens with zero attached hydrogens (tertiary/aromatic N) is 3. The quantitative estimate of drug-likeness (QED) is 0.628. The van der Waals surface area contributed by atoms with Crippen LogP contribution in [-0.4, -0.2) is 42.8 Å². The van der Waals surface area contributed by atoms with E-state index in [0.29, 0.717) is 22.3 Å². The van der Waals surface area contributed by atoms with Gasteiger partial charge in [-0.3, -0.25) is 9.59 Å². The zero-order valence-electron chi connectivity index (χ0n) is 16.9. The summed E-state index contributed by atoms with van der Waals surface area (Å²) in [6, 6.07) is 5.25. The number of nitrogens with one attached hydrogen (secondary N) is 1. The van der Waals surface area contributed by atoms with Gasteiger partial charge < -0.3 is 19.7 Å². The molecule has 3 rings (SSSR count). The molecular formula is C20H26N4O4S. The van der Waals surface area contributed by atoms with E-state index in [1.165, 1.54) is 18.4 Å². The maximum absolute atomic E-state index is 12.7. The maximum Gasteiger partial charge on any atom is 0.231 e. The lowest BCUT2D eigenvalue weighted by Crippen LogP contribution is -2.28. The molecule has 1 atom stereocenters. The average Bonchev–Trinajstić information content (AvgIpc) is 3.34. The number of anilines is 2. The van der Waals surface area contributed by atoms with E-state index in [4.69, 9.17) is 9.47 Å². The molecule has 0 saturated carbocycles. The predicted molar refractivity (Wildman–Crippen MR) is 112 cm³/mol. The number of carbonyl (C=O) groups excluding carboxylic acids is 2. The van der Waals surface area contributed by atoms with E-state index in [2.05, 4.69) is 22.4 Å². The number of methoxy groups -OCH3 is 2. The summed E-state index contributed by atoms with van der Waals surface area (Å²) in [7, 11) is 3.11. The van der Waals surface area contributed by atoms with Crippen LogP contribution in [0.3, 0.4) is 0 Å². The maximum atomic E-state index is 12.7. The molecule has 0 unspecified atom stereocenters. The van der Waals surface area contributed by atoms with Crippen LogP contribution < -0.4 is 19.7 Å². The number of hydrogen-bond donors (Lipinski definition) is 1. The number of carbonyl (C=O) groups is 2. The normalized spacial score (nSPS) is 16.2. The fourth-order valence-electron chi connectivity index (χ4n) is 3.26.